The van der Waals surface area contributed by atoms with Crippen LogP contribution in [0.1, 0.15) is 23.1 Å². The minimum Gasteiger partial charge on any atom is -0.382 e. The van der Waals surface area contributed by atoms with Crippen molar-refractivity contribution in [2.24, 2.45) is 0 Å². The van der Waals surface area contributed by atoms with Gasteiger partial charge in [-0.05, 0) is 12.1 Å². The highest BCUT2D eigenvalue weighted by atomic mass is 35.5. The van der Waals surface area contributed by atoms with Crippen LogP contribution < -0.4 is 0 Å². The van der Waals surface area contributed by atoms with Gasteiger partial charge in [-0.1, -0.05) is 37.3 Å². The molecule has 0 aromatic carbocycles. The number of halogens is 1. The van der Waals surface area contributed by atoms with Crippen molar-refractivity contribution in [2.45, 2.75) is 38.5 Å². The maximum atomic E-state index is 10.4. The number of hydrogen-bond acceptors (Lipinski definition) is 5. The van der Waals surface area contributed by atoms with Crippen molar-refractivity contribution in [3.8, 4) is 6.07 Å². The van der Waals surface area contributed by atoms with Gasteiger partial charge in [-0.2, -0.15) is 10.4 Å². The van der Waals surface area contributed by atoms with Gasteiger partial charge in [0.15, 0.2) is 0 Å². The molecule has 2 heterocycles. The first-order valence-electron chi connectivity index (χ1n) is 7.66. The Kier molecular flexibility index (Phi) is 6.13. The lowest BCUT2D eigenvalue weighted by Crippen LogP contribution is -2.22. The predicted molar refractivity (Wildman–Crippen MR) is 94.4 cm³/mol. The van der Waals surface area contributed by atoms with Gasteiger partial charge in [-0.3, -0.25) is 0 Å². The van der Waals surface area contributed by atoms with Crippen LogP contribution in [0.2, 0.25) is 30.8 Å². The molecule has 128 valence electrons. The van der Waals surface area contributed by atoms with Crippen LogP contribution in [0.3, 0.4) is 0 Å². The Balaban J connectivity index is 2.10. The zero-order chi connectivity index (χ0) is 17.7. The maximum absolute atomic E-state index is 10.4. The number of aromatic nitrogens is 3. The fourth-order valence-electron chi connectivity index (χ4n) is 2.05. The summed E-state index contributed by atoms with van der Waals surface area (Å²) in [6.07, 6.45) is 0.506. The number of aliphatic hydroxyl groups excluding tert-OH is 1. The lowest BCUT2D eigenvalue weighted by atomic mass is 10.1. The highest BCUT2D eigenvalue weighted by Crippen LogP contribution is 2.26. The van der Waals surface area contributed by atoms with Crippen molar-refractivity contribution in [1.82, 2.24) is 14.8 Å². The molecule has 0 saturated heterocycles. The van der Waals surface area contributed by atoms with Gasteiger partial charge in [0.05, 0.1) is 5.69 Å². The van der Waals surface area contributed by atoms with Crippen molar-refractivity contribution < 1.29 is 9.84 Å². The average molecular weight is 365 g/mol. The standard InChI is InChI=1S/C16H21ClN4O2Si/c1-24(2,3)8-7-23-11-21-12(10-18)9-14(20-21)15(22)13-5-4-6-19-16(13)17/h4-6,9,15,22H,7-8,11H2,1-3H3. The molecule has 0 radical (unpaired) electrons. The van der Waals surface area contributed by atoms with Crippen molar-refractivity contribution in [3.05, 3.63) is 46.5 Å². The third-order valence-corrected chi connectivity index (χ3v) is 5.51. The number of nitrogens with zero attached hydrogens (tertiary/aromatic N) is 4. The smallest absolute Gasteiger partial charge is 0.141 e. The molecular weight excluding hydrogens is 344 g/mol. The van der Waals surface area contributed by atoms with E-state index in [4.69, 9.17) is 16.3 Å². The van der Waals surface area contributed by atoms with E-state index < -0.39 is 14.2 Å². The van der Waals surface area contributed by atoms with Crippen molar-refractivity contribution >= 4 is 19.7 Å². The van der Waals surface area contributed by atoms with Crippen LogP contribution in [0, 0.1) is 11.3 Å². The number of nitriles is 1. The van der Waals surface area contributed by atoms with Crippen LogP contribution in [0.15, 0.2) is 24.4 Å². The Bertz CT molecular complexity index is 736. The normalized spacial score (nSPS) is 12.8. The molecule has 8 heteroatoms. The number of aliphatic hydroxyl groups is 1. The van der Waals surface area contributed by atoms with Crippen LogP contribution in [-0.4, -0.2) is 34.6 Å². The Hall–Kier alpha value is -1.72. The maximum Gasteiger partial charge on any atom is 0.141 e. The van der Waals surface area contributed by atoms with E-state index in [9.17, 15) is 10.4 Å². The SMILES string of the molecule is C[Si](C)(C)CCOCn1nc(C(O)c2cccnc2Cl)cc1C#N. The highest BCUT2D eigenvalue weighted by molar-refractivity contribution is 6.76. The van der Waals surface area contributed by atoms with E-state index in [1.165, 1.54) is 10.7 Å². The van der Waals surface area contributed by atoms with Gasteiger partial charge in [0.2, 0.25) is 0 Å². The third-order valence-electron chi connectivity index (χ3n) is 3.49. The molecule has 0 amide bonds. The lowest BCUT2D eigenvalue weighted by molar-refractivity contribution is 0.0768. The molecule has 1 atom stereocenters. The Morgan fingerprint density at radius 2 is 2.21 bits per heavy atom. The van der Waals surface area contributed by atoms with Gasteiger partial charge in [-0.25, -0.2) is 9.67 Å². The molecule has 2 aromatic rings. The van der Waals surface area contributed by atoms with Gasteiger partial charge >= 0.3 is 0 Å². The number of rotatable bonds is 7. The molecule has 1 N–H and O–H groups in total. The third kappa shape index (κ3) is 4.88. The quantitative estimate of drug-likeness (QED) is 0.463. The van der Waals surface area contributed by atoms with Gasteiger partial charge in [0, 0.05) is 32.5 Å². The highest BCUT2D eigenvalue weighted by Gasteiger charge is 2.20. The summed E-state index contributed by atoms with van der Waals surface area (Å²) in [6, 6.07) is 8.00. The second-order valence-corrected chi connectivity index (χ2v) is 12.7. The number of hydrogen-bond donors (Lipinski definition) is 1. The molecule has 0 aliphatic rings. The Morgan fingerprint density at radius 1 is 1.46 bits per heavy atom. The largest absolute Gasteiger partial charge is 0.382 e. The molecule has 6 nitrogen and oxygen atoms in total. The summed E-state index contributed by atoms with van der Waals surface area (Å²) in [6.45, 7) is 7.64. The summed E-state index contributed by atoms with van der Waals surface area (Å²) in [5, 5.41) is 24.2. The zero-order valence-corrected chi connectivity index (χ0v) is 15.8. The summed E-state index contributed by atoms with van der Waals surface area (Å²) in [4.78, 5) is 3.94. The fraction of sp³-hybridized carbons (Fsp3) is 0.438. The molecule has 0 saturated carbocycles. The van der Waals surface area contributed by atoms with Crippen LogP contribution in [0.5, 0.6) is 0 Å². The van der Waals surface area contributed by atoms with Gasteiger partial charge < -0.3 is 9.84 Å². The molecule has 0 aliphatic heterocycles. The fourth-order valence-corrected chi connectivity index (χ4v) is 3.03. The first kappa shape index (κ1) is 18.6. The molecule has 0 spiro atoms. The van der Waals surface area contributed by atoms with E-state index in [-0.39, 0.29) is 11.9 Å². The van der Waals surface area contributed by atoms with Crippen LogP contribution in [-0.2, 0) is 11.5 Å². The van der Waals surface area contributed by atoms with Crippen molar-refractivity contribution in [1.29, 1.82) is 5.26 Å². The van der Waals surface area contributed by atoms with E-state index in [1.54, 1.807) is 18.3 Å². The van der Waals surface area contributed by atoms with Crippen LogP contribution >= 0.6 is 11.6 Å². The number of pyridine rings is 1. The summed E-state index contributed by atoms with van der Waals surface area (Å²) in [5.74, 6) is 0. The second-order valence-electron chi connectivity index (χ2n) is 6.70. The molecule has 0 aliphatic carbocycles. The first-order chi connectivity index (χ1) is 11.3. The summed E-state index contributed by atoms with van der Waals surface area (Å²) in [5.41, 5.74) is 1.13. The minimum atomic E-state index is -1.16. The topological polar surface area (TPSA) is 84.0 Å². The van der Waals surface area contributed by atoms with E-state index in [0.29, 0.717) is 23.6 Å². The van der Waals surface area contributed by atoms with E-state index in [1.807, 2.05) is 0 Å². The van der Waals surface area contributed by atoms with Gasteiger partial charge in [0.1, 0.15) is 29.8 Å². The first-order valence-corrected chi connectivity index (χ1v) is 11.7. The van der Waals surface area contributed by atoms with Crippen LogP contribution in [0.25, 0.3) is 0 Å². The molecule has 2 rings (SSSR count). The minimum absolute atomic E-state index is 0.181. The van der Waals surface area contributed by atoms with Gasteiger partial charge in [-0.15, -0.1) is 0 Å². The lowest BCUT2D eigenvalue weighted by Gasteiger charge is -2.15. The van der Waals surface area contributed by atoms with Crippen molar-refractivity contribution in [3.63, 3.8) is 0 Å². The molecule has 24 heavy (non-hydrogen) atoms. The average Bonchev–Trinajstić information content (AvgIpc) is 2.94. The Labute approximate surface area is 147 Å². The Morgan fingerprint density at radius 3 is 2.83 bits per heavy atom. The molecule has 0 bridgehead atoms. The molecule has 0 fully saturated rings. The zero-order valence-electron chi connectivity index (χ0n) is 14.0. The van der Waals surface area contributed by atoms with Crippen LogP contribution in [0.4, 0.5) is 0 Å². The van der Waals surface area contributed by atoms with E-state index >= 15 is 0 Å². The van der Waals surface area contributed by atoms with E-state index in [2.05, 4.69) is 35.8 Å². The number of ether oxygens (including phenoxy) is 1. The predicted octanol–water partition coefficient (Wildman–Crippen LogP) is 3.20. The second kappa shape index (κ2) is 7.90. The summed E-state index contributed by atoms with van der Waals surface area (Å²) in [7, 11) is -1.16. The molecule has 1 unspecified atom stereocenters. The molecule has 2 aromatic heterocycles. The monoisotopic (exact) mass is 364 g/mol. The summed E-state index contributed by atoms with van der Waals surface area (Å²) >= 11 is 6.00. The summed E-state index contributed by atoms with van der Waals surface area (Å²) < 4.78 is 7.08. The van der Waals surface area contributed by atoms with E-state index in [0.717, 1.165) is 6.04 Å². The van der Waals surface area contributed by atoms with Crippen molar-refractivity contribution in [2.75, 3.05) is 6.61 Å². The molecular formula is C16H21ClN4O2Si. The van der Waals surface area contributed by atoms with Gasteiger partial charge in [0.25, 0.3) is 0 Å².